The Morgan fingerprint density at radius 2 is 2.05 bits per heavy atom. The summed E-state index contributed by atoms with van der Waals surface area (Å²) in [6.07, 6.45) is 1.93. The number of benzene rings is 1. The first kappa shape index (κ1) is 14.4. The molecule has 1 heterocycles. The SMILES string of the molecule is CC(CNC(=O)C1CCNCC1)Sc1ccccc1. The predicted molar refractivity (Wildman–Crippen MR) is 80.4 cm³/mol. The van der Waals surface area contributed by atoms with Gasteiger partial charge < -0.3 is 10.6 Å². The normalized spacial score (nSPS) is 17.9. The van der Waals surface area contributed by atoms with Crippen LogP contribution < -0.4 is 10.6 Å². The van der Waals surface area contributed by atoms with Crippen molar-refractivity contribution >= 4 is 17.7 Å². The van der Waals surface area contributed by atoms with E-state index < -0.39 is 0 Å². The molecule has 0 saturated carbocycles. The second-order valence-electron chi connectivity index (χ2n) is 5.01. The molecule has 1 saturated heterocycles. The first-order chi connectivity index (χ1) is 9.25. The highest BCUT2D eigenvalue weighted by molar-refractivity contribution is 8.00. The van der Waals surface area contributed by atoms with Crippen LogP contribution in [-0.4, -0.2) is 30.8 Å². The van der Waals surface area contributed by atoms with Gasteiger partial charge in [-0.2, -0.15) is 0 Å². The molecule has 2 rings (SSSR count). The van der Waals surface area contributed by atoms with Crippen molar-refractivity contribution in [3.05, 3.63) is 30.3 Å². The van der Waals surface area contributed by atoms with Crippen LogP contribution in [0.5, 0.6) is 0 Å². The Balaban J connectivity index is 1.71. The van der Waals surface area contributed by atoms with E-state index in [-0.39, 0.29) is 11.8 Å². The van der Waals surface area contributed by atoms with Crippen molar-refractivity contribution in [3.63, 3.8) is 0 Å². The fourth-order valence-electron chi connectivity index (χ4n) is 2.25. The maximum atomic E-state index is 12.0. The number of nitrogens with one attached hydrogen (secondary N) is 2. The molecular formula is C15H22N2OS. The summed E-state index contributed by atoms with van der Waals surface area (Å²) in [5.41, 5.74) is 0. The second kappa shape index (κ2) is 7.56. The number of thioether (sulfide) groups is 1. The molecule has 19 heavy (non-hydrogen) atoms. The fourth-order valence-corrected chi connectivity index (χ4v) is 3.19. The molecule has 1 fully saturated rings. The Morgan fingerprint density at radius 1 is 1.37 bits per heavy atom. The molecule has 1 aliphatic rings. The van der Waals surface area contributed by atoms with Crippen molar-refractivity contribution in [2.45, 2.75) is 29.9 Å². The molecule has 1 aromatic rings. The highest BCUT2D eigenvalue weighted by Gasteiger charge is 2.20. The number of carbonyl (C=O) groups excluding carboxylic acids is 1. The van der Waals surface area contributed by atoms with Crippen molar-refractivity contribution in [2.75, 3.05) is 19.6 Å². The Hall–Kier alpha value is -1.00. The summed E-state index contributed by atoms with van der Waals surface area (Å²) in [7, 11) is 0. The molecule has 0 spiro atoms. The molecule has 0 aliphatic carbocycles. The number of rotatable bonds is 5. The summed E-state index contributed by atoms with van der Waals surface area (Å²) < 4.78 is 0. The van der Waals surface area contributed by atoms with Gasteiger partial charge in [0.25, 0.3) is 0 Å². The van der Waals surface area contributed by atoms with E-state index in [4.69, 9.17) is 0 Å². The minimum atomic E-state index is 0.204. The predicted octanol–water partition coefficient (Wildman–Crippen LogP) is 2.28. The van der Waals surface area contributed by atoms with Crippen LogP contribution in [0.2, 0.25) is 0 Å². The van der Waals surface area contributed by atoms with Crippen LogP contribution in [0.15, 0.2) is 35.2 Å². The first-order valence-corrected chi connectivity index (χ1v) is 7.84. The molecule has 4 heteroatoms. The Morgan fingerprint density at radius 3 is 2.74 bits per heavy atom. The van der Waals surface area contributed by atoms with Crippen LogP contribution in [0.3, 0.4) is 0 Å². The minimum absolute atomic E-state index is 0.204. The molecular weight excluding hydrogens is 256 g/mol. The summed E-state index contributed by atoms with van der Waals surface area (Å²) in [5.74, 6) is 0.428. The zero-order valence-electron chi connectivity index (χ0n) is 11.4. The average molecular weight is 278 g/mol. The highest BCUT2D eigenvalue weighted by atomic mass is 32.2. The maximum Gasteiger partial charge on any atom is 0.223 e. The molecule has 0 aromatic heterocycles. The summed E-state index contributed by atoms with van der Waals surface area (Å²) in [6.45, 7) is 4.82. The van der Waals surface area contributed by atoms with Gasteiger partial charge in [-0.15, -0.1) is 11.8 Å². The first-order valence-electron chi connectivity index (χ1n) is 6.96. The average Bonchev–Trinajstić information content (AvgIpc) is 2.47. The number of piperidine rings is 1. The summed E-state index contributed by atoms with van der Waals surface area (Å²) in [5, 5.41) is 6.76. The molecule has 1 aliphatic heterocycles. The standard InChI is InChI=1S/C15H22N2OS/c1-12(19-14-5-3-2-4-6-14)11-17-15(18)13-7-9-16-10-8-13/h2-6,12-13,16H,7-11H2,1H3,(H,17,18). The highest BCUT2D eigenvalue weighted by Crippen LogP contribution is 2.22. The lowest BCUT2D eigenvalue weighted by atomic mass is 9.97. The summed E-state index contributed by atoms with van der Waals surface area (Å²) >= 11 is 1.81. The van der Waals surface area contributed by atoms with E-state index in [1.165, 1.54) is 4.90 Å². The second-order valence-corrected chi connectivity index (χ2v) is 6.52. The molecule has 2 N–H and O–H groups in total. The molecule has 1 atom stereocenters. The van der Waals surface area contributed by atoms with Crippen molar-refractivity contribution in [1.29, 1.82) is 0 Å². The molecule has 1 amide bonds. The van der Waals surface area contributed by atoms with Gasteiger partial charge in [-0.3, -0.25) is 4.79 Å². The molecule has 1 aromatic carbocycles. The van der Waals surface area contributed by atoms with E-state index in [1.54, 1.807) is 11.8 Å². The molecule has 1 unspecified atom stereocenters. The third-order valence-corrected chi connectivity index (χ3v) is 4.47. The lowest BCUT2D eigenvalue weighted by molar-refractivity contribution is -0.125. The van der Waals surface area contributed by atoms with Crippen molar-refractivity contribution in [2.24, 2.45) is 5.92 Å². The van der Waals surface area contributed by atoms with Gasteiger partial charge in [0.05, 0.1) is 0 Å². The molecule has 104 valence electrons. The molecule has 3 nitrogen and oxygen atoms in total. The van der Waals surface area contributed by atoms with Gasteiger partial charge in [-0.1, -0.05) is 25.1 Å². The Labute approximate surface area is 119 Å². The van der Waals surface area contributed by atoms with Gasteiger partial charge >= 0.3 is 0 Å². The zero-order valence-corrected chi connectivity index (χ0v) is 12.2. The van der Waals surface area contributed by atoms with E-state index in [1.807, 2.05) is 18.2 Å². The van der Waals surface area contributed by atoms with Gasteiger partial charge in [-0.05, 0) is 38.1 Å². The van der Waals surface area contributed by atoms with Crippen molar-refractivity contribution < 1.29 is 4.79 Å². The monoisotopic (exact) mass is 278 g/mol. The fraction of sp³-hybridized carbons (Fsp3) is 0.533. The van der Waals surface area contributed by atoms with Gasteiger partial charge in [-0.25, -0.2) is 0 Å². The third kappa shape index (κ3) is 4.88. The van der Waals surface area contributed by atoms with Crippen LogP contribution in [-0.2, 0) is 4.79 Å². The van der Waals surface area contributed by atoms with E-state index in [0.29, 0.717) is 5.25 Å². The van der Waals surface area contributed by atoms with Crippen molar-refractivity contribution in [3.8, 4) is 0 Å². The van der Waals surface area contributed by atoms with Crippen LogP contribution in [0.4, 0.5) is 0 Å². The Kier molecular flexibility index (Phi) is 5.73. The van der Waals surface area contributed by atoms with Gasteiger partial charge in [0.2, 0.25) is 5.91 Å². The zero-order chi connectivity index (χ0) is 13.5. The van der Waals surface area contributed by atoms with Gasteiger partial charge in [0.1, 0.15) is 0 Å². The quantitative estimate of drug-likeness (QED) is 0.812. The van der Waals surface area contributed by atoms with Crippen LogP contribution in [0.1, 0.15) is 19.8 Å². The molecule has 0 radical (unpaired) electrons. The topological polar surface area (TPSA) is 41.1 Å². The van der Waals surface area contributed by atoms with Crippen LogP contribution in [0, 0.1) is 5.92 Å². The lowest BCUT2D eigenvalue weighted by Gasteiger charge is -2.22. The summed E-state index contributed by atoms with van der Waals surface area (Å²) in [6, 6.07) is 10.3. The van der Waals surface area contributed by atoms with Crippen LogP contribution >= 0.6 is 11.8 Å². The van der Waals surface area contributed by atoms with E-state index in [0.717, 1.165) is 32.5 Å². The summed E-state index contributed by atoms with van der Waals surface area (Å²) in [4.78, 5) is 13.3. The third-order valence-electron chi connectivity index (χ3n) is 3.35. The van der Waals surface area contributed by atoms with E-state index >= 15 is 0 Å². The van der Waals surface area contributed by atoms with Gasteiger partial charge in [0, 0.05) is 22.6 Å². The minimum Gasteiger partial charge on any atom is -0.355 e. The number of hydrogen-bond acceptors (Lipinski definition) is 3. The van der Waals surface area contributed by atoms with Crippen molar-refractivity contribution in [1.82, 2.24) is 10.6 Å². The number of hydrogen-bond donors (Lipinski definition) is 2. The van der Waals surface area contributed by atoms with Crippen LogP contribution in [0.25, 0.3) is 0 Å². The van der Waals surface area contributed by atoms with E-state index in [9.17, 15) is 4.79 Å². The largest absolute Gasteiger partial charge is 0.355 e. The lowest BCUT2D eigenvalue weighted by Crippen LogP contribution is -2.40. The molecule has 0 bridgehead atoms. The van der Waals surface area contributed by atoms with Gasteiger partial charge in [0.15, 0.2) is 0 Å². The van der Waals surface area contributed by atoms with E-state index in [2.05, 4.69) is 29.7 Å². The Bertz CT molecular complexity index is 390. The smallest absolute Gasteiger partial charge is 0.223 e. The number of amides is 1. The number of carbonyl (C=O) groups is 1. The maximum absolute atomic E-state index is 12.0.